The molecule has 0 unspecified atom stereocenters. The Hall–Kier alpha value is -1.55. The van der Waals surface area contributed by atoms with Crippen molar-refractivity contribution in [2.24, 2.45) is 0 Å². The van der Waals surface area contributed by atoms with Crippen LogP contribution in [0.2, 0.25) is 0 Å². The van der Waals surface area contributed by atoms with Crippen LogP contribution in [-0.4, -0.2) is 22.7 Å². The molecular formula is C13H15ClN2O2. The minimum Gasteiger partial charge on any atom is -0.493 e. The van der Waals surface area contributed by atoms with Gasteiger partial charge in [0.2, 0.25) is 11.8 Å². The van der Waals surface area contributed by atoms with Gasteiger partial charge in [-0.3, -0.25) is 0 Å². The van der Waals surface area contributed by atoms with E-state index in [2.05, 4.69) is 10.2 Å². The number of ether oxygens (including phenoxy) is 1. The molecule has 0 aliphatic heterocycles. The van der Waals surface area contributed by atoms with E-state index in [1.165, 1.54) is 5.56 Å². The number of hydrogen-bond donors (Lipinski definition) is 0. The monoisotopic (exact) mass is 266 g/mol. The molecule has 5 heteroatoms. The molecule has 1 aromatic heterocycles. The highest BCUT2D eigenvalue weighted by atomic mass is 35.5. The highest BCUT2D eigenvalue weighted by molar-refractivity contribution is 6.17. The van der Waals surface area contributed by atoms with Gasteiger partial charge in [-0.25, -0.2) is 0 Å². The predicted octanol–water partition coefficient (Wildman–Crippen LogP) is 2.78. The average molecular weight is 267 g/mol. The van der Waals surface area contributed by atoms with Crippen LogP contribution in [0.3, 0.4) is 0 Å². The lowest BCUT2D eigenvalue weighted by atomic mass is 10.2. The molecule has 0 N–H and O–H groups in total. The van der Waals surface area contributed by atoms with Crippen LogP contribution in [0.4, 0.5) is 0 Å². The largest absolute Gasteiger partial charge is 0.493 e. The summed E-state index contributed by atoms with van der Waals surface area (Å²) >= 11 is 5.59. The van der Waals surface area contributed by atoms with E-state index in [9.17, 15) is 0 Å². The molecule has 0 saturated carbocycles. The molecule has 0 aliphatic rings. The van der Waals surface area contributed by atoms with Crippen molar-refractivity contribution in [3.05, 3.63) is 41.6 Å². The number of rotatable bonds is 6. The van der Waals surface area contributed by atoms with Crippen molar-refractivity contribution in [2.45, 2.75) is 19.8 Å². The van der Waals surface area contributed by atoms with Crippen molar-refractivity contribution in [3.63, 3.8) is 0 Å². The SMILES string of the molecule is Cc1cccc(OCCc2nnc(CCCl)o2)c1. The number of nitrogens with zero attached hydrogens (tertiary/aromatic N) is 2. The first-order chi connectivity index (χ1) is 8.78. The molecule has 0 saturated heterocycles. The molecule has 4 nitrogen and oxygen atoms in total. The highest BCUT2D eigenvalue weighted by Gasteiger charge is 2.05. The second-order valence-electron chi connectivity index (χ2n) is 3.94. The van der Waals surface area contributed by atoms with E-state index in [0.29, 0.717) is 37.1 Å². The zero-order chi connectivity index (χ0) is 12.8. The smallest absolute Gasteiger partial charge is 0.219 e. The Labute approximate surface area is 111 Å². The summed E-state index contributed by atoms with van der Waals surface area (Å²) in [6, 6.07) is 7.92. The van der Waals surface area contributed by atoms with Gasteiger partial charge in [0.05, 0.1) is 13.0 Å². The third-order valence-corrected chi connectivity index (χ3v) is 2.58. The minimum absolute atomic E-state index is 0.488. The maximum Gasteiger partial charge on any atom is 0.219 e. The summed E-state index contributed by atoms with van der Waals surface area (Å²) in [6.07, 6.45) is 1.20. The number of alkyl halides is 1. The minimum atomic E-state index is 0.488. The van der Waals surface area contributed by atoms with Crippen LogP contribution in [-0.2, 0) is 12.8 Å². The summed E-state index contributed by atoms with van der Waals surface area (Å²) in [5.41, 5.74) is 1.18. The van der Waals surface area contributed by atoms with Gasteiger partial charge in [0.25, 0.3) is 0 Å². The number of benzene rings is 1. The summed E-state index contributed by atoms with van der Waals surface area (Å²) in [5, 5.41) is 7.82. The molecule has 0 fully saturated rings. The summed E-state index contributed by atoms with van der Waals surface area (Å²) < 4.78 is 11.0. The van der Waals surface area contributed by atoms with Crippen LogP contribution < -0.4 is 4.74 Å². The van der Waals surface area contributed by atoms with E-state index in [1.807, 2.05) is 31.2 Å². The van der Waals surface area contributed by atoms with Gasteiger partial charge in [0.15, 0.2) is 0 Å². The Morgan fingerprint density at radius 3 is 2.72 bits per heavy atom. The standard InChI is InChI=1S/C13H15ClN2O2/c1-10-3-2-4-11(9-10)17-8-6-13-16-15-12(18-13)5-7-14/h2-4,9H,5-8H2,1H3. The predicted molar refractivity (Wildman–Crippen MR) is 69.1 cm³/mol. The second kappa shape index (κ2) is 6.40. The van der Waals surface area contributed by atoms with Crippen molar-refractivity contribution in [2.75, 3.05) is 12.5 Å². The van der Waals surface area contributed by atoms with Gasteiger partial charge in [0, 0.05) is 12.3 Å². The first-order valence-corrected chi connectivity index (χ1v) is 6.38. The molecule has 0 atom stereocenters. The molecular weight excluding hydrogens is 252 g/mol. The average Bonchev–Trinajstić information content (AvgIpc) is 2.78. The molecule has 96 valence electrons. The Morgan fingerprint density at radius 2 is 2.00 bits per heavy atom. The molecule has 1 heterocycles. The van der Waals surface area contributed by atoms with Crippen molar-refractivity contribution in [1.82, 2.24) is 10.2 Å². The zero-order valence-corrected chi connectivity index (χ0v) is 11.0. The molecule has 0 amide bonds. The second-order valence-corrected chi connectivity index (χ2v) is 4.32. The molecule has 0 spiro atoms. The fourth-order valence-electron chi connectivity index (χ4n) is 1.53. The van der Waals surface area contributed by atoms with Crippen LogP contribution >= 0.6 is 11.6 Å². The van der Waals surface area contributed by atoms with Gasteiger partial charge in [0.1, 0.15) is 5.75 Å². The van der Waals surface area contributed by atoms with E-state index in [4.69, 9.17) is 20.8 Å². The van der Waals surface area contributed by atoms with E-state index in [1.54, 1.807) is 0 Å². The number of aryl methyl sites for hydroxylation is 2. The molecule has 0 aliphatic carbocycles. The summed E-state index contributed by atoms with van der Waals surface area (Å²) in [6.45, 7) is 2.55. The van der Waals surface area contributed by atoms with Gasteiger partial charge in [-0.2, -0.15) is 0 Å². The van der Waals surface area contributed by atoms with Gasteiger partial charge < -0.3 is 9.15 Å². The van der Waals surface area contributed by atoms with Crippen molar-refractivity contribution < 1.29 is 9.15 Å². The van der Waals surface area contributed by atoms with Crippen LogP contribution in [0.5, 0.6) is 5.75 Å². The summed E-state index contributed by atoms with van der Waals surface area (Å²) in [7, 11) is 0. The van der Waals surface area contributed by atoms with Gasteiger partial charge in [-0.1, -0.05) is 12.1 Å². The molecule has 2 rings (SSSR count). The number of aromatic nitrogens is 2. The maximum atomic E-state index is 5.61. The van der Waals surface area contributed by atoms with Crippen LogP contribution in [0.1, 0.15) is 17.3 Å². The van der Waals surface area contributed by atoms with Crippen LogP contribution in [0, 0.1) is 6.92 Å². The molecule has 18 heavy (non-hydrogen) atoms. The third-order valence-electron chi connectivity index (χ3n) is 2.39. The lowest BCUT2D eigenvalue weighted by molar-refractivity contribution is 0.304. The molecule has 0 radical (unpaired) electrons. The topological polar surface area (TPSA) is 48.2 Å². The van der Waals surface area contributed by atoms with Crippen LogP contribution in [0.25, 0.3) is 0 Å². The first kappa shape index (κ1) is 12.9. The normalized spacial score (nSPS) is 10.6. The first-order valence-electron chi connectivity index (χ1n) is 5.84. The number of hydrogen-bond acceptors (Lipinski definition) is 4. The Bertz CT molecular complexity index is 499. The fourth-order valence-corrected chi connectivity index (χ4v) is 1.69. The van der Waals surface area contributed by atoms with E-state index < -0.39 is 0 Å². The van der Waals surface area contributed by atoms with Gasteiger partial charge in [-0.15, -0.1) is 21.8 Å². The van der Waals surface area contributed by atoms with E-state index in [-0.39, 0.29) is 0 Å². The number of halogens is 1. The van der Waals surface area contributed by atoms with Crippen molar-refractivity contribution >= 4 is 11.6 Å². The Morgan fingerprint density at radius 1 is 1.22 bits per heavy atom. The fraction of sp³-hybridized carbons (Fsp3) is 0.385. The van der Waals surface area contributed by atoms with E-state index >= 15 is 0 Å². The molecule has 2 aromatic rings. The van der Waals surface area contributed by atoms with Gasteiger partial charge >= 0.3 is 0 Å². The quantitative estimate of drug-likeness (QED) is 0.755. The Kier molecular flexibility index (Phi) is 4.59. The summed E-state index contributed by atoms with van der Waals surface area (Å²) in [4.78, 5) is 0. The molecule has 0 bridgehead atoms. The van der Waals surface area contributed by atoms with E-state index in [0.717, 1.165) is 5.75 Å². The lowest BCUT2D eigenvalue weighted by Crippen LogP contribution is -2.01. The van der Waals surface area contributed by atoms with Crippen molar-refractivity contribution in [1.29, 1.82) is 0 Å². The Balaban J connectivity index is 1.81. The summed E-state index contributed by atoms with van der Waals surface area (Å²) in [5.74, 6) is 2.51. The van der Waals surface area contributed by atoms with Crippen LogP contribution in [0.15, 0.2) is 28.7 Å². The third kappa shape index (κ3) is 3.74. The zero-order valence-electron chi connectivity index (χ0n) is 10.2. The highest BCUT2D eigenvalue weighted by Crippen LogP contribution is 2.12. The van der Waals surface area contributed by atoms with Crippen molar-refractivity contribution in [3.8, 4) is 5.75 Å². The van der Waals surface area contributed by atoms with Gasteiger partial charge in [-0.05, 0) is 24.6 Å². The molecule has 1 aromatic carbocycles. The maximum absolute atomic E-state index is 5.61. The lowest BCUT2D eigenvalue weighted by Gasteiger charge is -2.04.